The third-order valence-corrected chi connectivity index (χ3v) is 2.91. The molecule has 0 saturated carbocycles. The highest BCUT2D eigenvalue weighted by Gasteiger charge is 2.23. The number of nitrogens with zero attached hydrogens (tertiary/aromatic N) is 1. The molecule has 110 valence electrons. The summed E-state index contributed by atoms with van der Waals surface area (Å²) in [6.07, 6.45) is 0. The van der Waals surface area contributed by atoms with E-state index in [1.54, 1.807) is 13.8 Å². The molecule has 0 aliphatic rings. The molecule has 0 radical (unpaired) electrons. The van der Waals surface area contributed by atoms with Crippen LogP contribution in [0.5, 0.6) is 0 Å². The largest absolute Gasteiger partial charge is 0.465 e. The maximum Gasteiger partial charge on any atom is 0.325 e. The van der Waals surface area contributed by atoms with Crippen molar-refractivity contribution in [1.82, 2.24) is 4.90 Å². The van der Waals surface area contributed by atoms with E-state index in [2.05, 4.69) is 0 Å². The molecule has 1 aromatic rings. The Kier molecular flexibility index (Phi) is 5.67. The van der Waals surface area contributed by atoms with Crippen molar-refractivity contribution in [3.05, 3.63) is 35.1 Å². The van der Waals surface area contributed by atoms with E-state index in [0.717, 1.165) is 0 Å². The maximum absolute atomic E-state index is 13.1. The van der Waals surface area contributed by atoms with Crippen LogP contribution in [-0.4, -0.2) is 36.0 Å². The van der Waals surface area contributed by atoms with Gasteiger partial charge in [-0.25, -0.2) is 4.39 Å². The lowest BCUT2D eigenvalue weighted by Gasteiger charge is -2.26. The van der Waals surface area contributed by atoms with Crippen LogP contribution >= 0.6 is 0 Å². The van der Waals surface area contributed by atoms with Gasteiger partial charge >= 0.3 is 5.97 Å². The zero-order valence-corrected chi connectivity index (χ0v) is 12.3. The predicted octanol–water partition coefficient (Wildman–Crippen LogP) is 2.55. The lowest BCUT2D eigenvalue weighted by atomic mass is 10.1. The van der Waals surface area contributed by atoms with Crippen molar-refractivity contribution in [3.63, 3.8) is 0 Å². The smallest absolute Gasteiger partial charge is 0.325 e. The van der Waals surface area contributed by atoms with Crippen molar-refractivity contribution in [2.75, 3.05) is 13.2 Å². The third kappa shape index (κ3) is 4.05. The summed E-state index contributed by atoms with van der Waals surface area (Å²) in [5, 5.41) is 0. The van der Waals surface area contributed by atoms with E-state index in [-0.39, 0.29) is 30.9 Å². The first kappa shape index (κ1) is 16.1. The number of halogens is 1. The molecule has 0 spiro atoms. The van der Waals surface area contributed by atoms with Gasteiger partial charge in [0.05, 0.1) is 6.61 Å². The van der Waals surface area contributed by atoms with Crippen LogP contribution in [0.2, 0.25) is 0 Å². The van der Waals surface area contributed by atoms with Crippen LogP contribution in [0.3, 0.4) is 0 Å². The van der Waals surface area contributed by atoms with Gasteiger partial charge in [0.2, 0.25) is 0 Å². The molecule has 0 unspecified atom stereocenters. The highest BCUT2D eigenvalue weighted by molar-refractivity contribution is 5.97. The normalized spacial score (nSPS) is 10.5. The fourth-order valence-electron chi connectivity index (χ4n) is 1.86. The molecule has 4 nitrogen and oxygen atoms in total. The van der Waals surface area contributed by atoms with Gasteiger partial charge in [-0.15, -0.1) is 0 Å². The number of carbonyl (C=O) groups is 2. The molecule has 1 aromatic carbocycles. The summed E-state index contributed by atoms with van der Waals surface area (Å²) in [6.45, 7) is 7.17. The minimum Gasteiger partial charge on any atom is -0.465 e. The van der Waals surface area contributed by atoms with Crippen molar-refractivity contribution in [1.29, 1.82) is 0 Å². The van der Waals surface area contributed by atoms with Crippen LogP contribution in [0.15, 0.2) is 18.2 Å². The lowest BCUT2D eigenvalue weighted by Crippen LogP contribution is -2.41. The Labute approximate surface area is 118 Å². The number of hydrogen-bond acceptors (Lipinski definition) is 3. The zero-order chi connectivity index (χ0) is 15.3. The molecule has 0 bridgehead atoms. The minimum atomic E-state index is -0.450. The molecule has 0 heterocycles. The van der Waals surface area contributed by atoms with Crippen LogP contribution < -0.4 is 0 Å². The second-order valence-electron chi connectivity index (χ2n) is 4.79. The van der Waals surface area contributed by atoms with Gasteiger partial charge in [0.15, 0.2) is 0 Å². The Morgan fingerprint density at radius 1 is 1.35 bits per heavy atom. The molecule has 0 atom stereocenters. The van der Waals surface area contributed by atoms with Gasteiger partial charge < -0.3 is 9.64 Å². The molecule has 5 heteroatoms. The average molecular weight is 281 g/mol. The van der Waals surface area contributed by atoms with E-state index in [9.17, 15) is 14.0 Å². The first-order valence-corrected chi connectivity index (χ1v) is 6.59. The highest BCUT2D eigenvalue weighted by Crippen LogP contribution is 2.14. The Hall–Kier alpha value is -1.91. The summed E-state index contributed by atoms with van der Waals surface area (Å²) in [5.41, 5.74) is 0.939. The number of esters is 1. The molecule has 0 aliphatic heterocycles. The Morgan fingerprint density at radius 2 is 2.00 bits per heavy atom. The highest BCUT2D eigenvalue weighted by atomic mass is 19.1. The average Bonchev–Trinajstić information content (AvgIpc) is 2.35. The fraction of sp³-hybridized carbons (Fsp3) is 0.467. The summed E-state index contributed by atoms with van der Waals surface area (Å²) in [7, 11) is 0. The first-order chi connectivity index (χ1) is 9.36. The molecule has 0 fully saturated rings. The van der Waals surface area contributed by atoms with Crippen LogP contribution in [0, 0.1) is 12.7 Å². The van der Waals surface area contributed by atoms with E-state index in [4.69, 9.17) is 4.74 Å². The van der Waals surface area contributed by atoms with Crippen LogP contribution in [0.4, 0.5) is 4.39 Å². The molecule has 1 rings (SSSR count). The van der Waals surface area contributed by atoms with E-state index in [0.29, 0.717) is 11.1 Å². The van der Waals surface area contributed by atoms with Gasteiger partial charge in [0.1, 0.15) is 12.4 Å². The Bertz CT molecular complexity index is 500. The fourth-order valence-corrected chi connectivity index (χ4v) is 1.86. The molecule has 0 N–H and O–H groups in total. The van der Waals surface area contributed by atoms with Gasteiger partial charge in [-0.1, -0.05) is 0 Å². The van der Waals surface area contributed by atoms with Crippen molar-refractivity contribution in [2.45, 2.75) is 33.7 Å². The maximum atomic E-state index is 13.1. The summed E-state index contributed by atoms with van der Waals surface area (Å²) < 4.78 is 17.9. The molecule has 0 aliphatic carbocycles. The second kappa shape index (κ2) is 7.03. The van der Waals surface area contributed by atoms with Crippen LogP contribution in [-0.2, 0) is 9.53 Å². The predicted molar refractivity (Wildman–Crippen MR) is 73.9 cm³/mol. The standard InChI is InChI=1S/C15H20FNO3/c1-5-20-14(18)9-17(10(2)3)15(19)13-7-6-12(16)8-11(13)4/h6-8,10H,5,9H2,1-4H3. The lowest BCUT2D eigenvalue weighted by molar-refractivity contribution is -0.144. The Morgan fingerprint density at radius 3 is 2.50 bits per heavy atom. The summed E-state index contributed by atoms with van der Waals surface area (Å²) in [6, 6.07) is 3.82. The number of rotatable bonds is 5. The quantitative estimate of drug-likeness (QED) is 0.779. The summed E-state index contributed by atoms with van der Waals surface area (Å²) >= 11 is 0. The van der Waals surface area contributed by atoms with Crippen molar-refractivity contribution in [2.24, 2.45) is 0 Å². The van der Waals surface area contributed by atoms with Crippen molar-refractivity contribution >= 4 is 11.9 Å². The van der Waals surface area contributed by atoms with Gasteiger partial charge in [-0.3, -0.25) is 9.59 Å². The molecule has 0 aromatic heterocycles. The van der Waals surface area contributed by atoms with E-state index < -0.39 is 5.97 Å². The summed E-state index contributed by atoms with van der Waals surface area (Å²) in [4.78, 5) is 25.4. The summed E-state index contributed by atoms with van der Waals surface area (Å²) in [5.74, 6) is -1.14. The molecule has 0 saturated heterocycles. The number of benzene rings is 1. The zero-order valence-electron chi connectivity index (χ0n) is 12.3. The first-order valence-electron chi connectivity index (χ1n) is 6.59. The monoisotopic (exact) mass is 281 g/mol. The van der Waals surface area contributed by atoms with Gasteiger partial charge in [-0.2, -0.15) is 0 Å². The molecule has 20 heavy (non-hydrogen) atoms. The number of ether oxygens (including phenoxy) is 1. The number of aryl methyl sites for hydroxylation is 1. The molecular formula is C15H20FNO3. The topological polar surface area (TPSA) is 46.6 Å². The molecule has 1 amide bonds. The van der Waals surface area contributed by atoms with E-state index >= 15 is 0 Å². The SMILES string of the molecule is CCOC(=O)CN(C(=O)c1ccc(F)cc1C)C(C)C. The van der Waals surface area contributed by atoms with Crippen molar-refractivity contribution < 1.29 is 18.7 Å². The van der Waals surface area contributed by atoms with Gasteiger partial charge in [0, 0.05) is 11.6 Å². The number of hydrogen-bond donors (Lipinski definition) is 0. The second-order valence-corrected chi connectivity index (χ2v) is 4.79. The third-order valence-electron chi connectivity index (χ3n) is 2.91. The molecular weight excluding hydrogens is 261 g/mol. The minimum absolute atomic E-state index is 0.110. The van der Waals surface area contributed by atoms with Gasteiger partial charge in [0.25, 0.3) is 5.91 Å². The number of carbonyl (C=O) groups excluding carboxylic acids is 2. The van der Waals surface area contributed by atoms with E-state index in [1.807, 2.05) is 13.8 Å². The van der Waals surface area contributed by atoms with E-state index in [1.165, 1.54) is 23.1 Å². The number of amides is 1. The van der Waals surface area contributed by atoms with Crippen molar-refractivity contribution in [3.8, 4) is 0 Å². The van der Waals surface area contributed by atoms with Gasteiger partial charge in [-0.05, 0) is 51.5 Å². The van der Waals surface area contributed by atoms with Crippen LogP contribution in [0.1, 0.15) is 36.7 Å². The Balaban J connectivity index is 2.96. The van der Waals surface area contributed by atoms with Crippen LogP contribution in [0.25, 0.3) is 0 Å².